The van der Waals surface area contributed by atoms with Gasteiger partial charge in [-0.25, -0.2) is 4.39 Å². The Kier molecular flexibility index (Phi) is 3.51. The van der Waals surface area contributed by atoms with Crippen molar-refractivity contribution in [1.29, 1.82) is 5.26 Å². The van der Waals surface area contributed by atoms with Crippen molar-refractivity contribution >= 4 is 5.97 Å². The number of benzene rings is 2. The summed E-state index contributed by atoms with van der Waals surface area (Å²) in [5.41, 5.74) is 0.761. The fraction of sp³-hybridized carbons (Fsp3) is 0.176. The molecule has 0 radical (unpaired) electrons. The fourth-order valence-corrected chi connectivity index (χ4v) is 2.42. The van der Waals surface area contributed by atoms with Crippen molar-refractivity contribution in [3.63, 3.8) is 0 Å². The van der Waals surface area contributed by atoms with Gasteiger partial charge in [0.15, 0.2) is 0 Å². The van der Waals surface area contributed by atoms with Gasteiger partial charge in [0, 0.05) is 6.07 Å². The maximum Gasteiger partial charge on any atom is 0.311 e. The molecule has 5 heteroatoms. The van der Waals surface area contributed by atoms with Crippen molar-refractivity contribution < 1.29 is 18.7 Å². The maximum absolute atomic E-state index is 13.6. The molecule has 0 saturated carbocycles. The summed E-state index contributed by atoms with van der Waals surface area (Å²) < 4.78 is 24.3. The summed E-state index contributed by atoms with van der Waals surface area (Å²) in [6.45, 7) is 1.94. The molecule has 22 heavy (non-hydrogen) atoms. The standard InChI is InChI=1S/C17H12FNO3/c1-10-7-17(20)22-16-8-11(5-6-12(10)16)21-15-4-2-3-14(18)13(15)9-19/h2-6,8,10H,7H2,1H3. The third-order valence-electron chi connectivity index (χ3n) is 3.53. The lowest BCUT2D eigenvalue weighted by molar-refractivity contribution is -0.135. The third kappa shape index (κ3) is 2.51. The molecule has 2 aromatic rings. The molecule has 0 aromatic heterocycles. The summed E-state index contributed by atoms with van der Waals surface area (Å²) in [6.07, 6.45) is 0.343. The Balaban J connectivity index is 1.95. The molecule has 4 nitrogen and oxygen atoms in total. The van der Waals surface area contributed by atoms with Crippen molar-refractivity contribution in [3.8, 4) is 23.3 Å². The highest BCUT2D eigenvalue weighted by Crippen LogP contribution is 2.37. The fourth-order valence-electron chi connectivity index (χ4n) is 2.42. The molecule has 0 aliphatic carbocycles. The van der Waals surface area contributed by atoms with Crippen LogP contribution in [0.4, 0.5) is 4.39 Å². The molecule has 0 N–H and O–H groups in total. The van der Waals surface area contributed by atoms with E-state index in [0.29, 0.717) is 17.9 Å². The van der Waals surface area contributed by atoms with Crippen LogP contribution in [-0.2, 0) is 4.79 Å². The smallest absolute Gasteiger partial charge is 0.311 e. The Morgan fingerprint density at radius 1 is 1.36 bits per heavy atom. The Labute approximate surface area is 126 Å². The molecule has 1 aliphatic rings. The summed E-state index contributed by atoms with van der Waals surface area (Å²) in [7, 11) is 0. The second-order valence-electron chi connectivity index (χ2n) is 5.11. The number of rotatable bonds is 2. The summed E-state index contributed by atoms with van der Waals surface area (Å²) >= 11 is 0. The summed E-state index contributed by atoms with van der Waals surface area (Å²) in [6, 6.07) is 11.0. The van der Waals surface area contributed by atoms with Gasteiger partial charge in [0.1, 0.15) is 34.7 Å². The first-order valence-electron chi connectivity index (χ1n) is 6.79. The summed E-state index contributed by atoms with van der Waals surface area (Å²) in [4.78, 5) is 11.5. The van der Waals surface area contributed by atoms with Crippen LogP contribution in [0, 0.1) is 17.1 Å². The van der Waals surface area contributed by atoms with E-state index in [9.17, 15) is 9.18 Å². The molecule has 1 heterocycles. The second kappa shape index (κ2) is 5.49. The number of halogens is 1. The molecule has 3 rings (SSSR count). The molecule has 0 spiro atoms. The van der Waals surface area contributed by atoms with E-state index in [4.69, 9.17) is 14.7 Å². The van der Waals surface area contributed by atoms with E-state index in [1.54, 1.807) is 18.2 Å². The highest BCUT2D eigenvalue weighted by molar-refractivity contribution is 5.76. The second-order valence-corrected chi connectivity index (χ2v) is 5.11. The third-order valence-corrected chi connectivity index (χ3v) is 3.53. The lowest BCUT2D eigenvalue weighted by Crippen LogP contribution is -2.18. The number of nitriles is 1. The van der Waals surface area contributed by atoms with Crippen molar-refractivity contribution in [1.82, 2.24) is 0 Å². The molecule has 110 valence electrons. The van der Waals surface area contributed by atoms with E-state index in [0.717, 1.165) is 5.56 Å². The van der Waals surface area contributed by atoms with Gasteiger partial charge in [0.2, 0.25) is 0 Å². The summed E-state index contributed by atoms with van der Waals surface area (Å²) in [5, 5.41) is 9.00. The molecule has 1 unspecified atom stereocenters. The SMILES string of the molecule is CC1CC(=O)Oc2cc(Oc3cccc(F)c3C#N)ccc21. The van der Waals surface area contributed by atoms with E-state index in [2.05, 4.69) is 0 Å². The van der Waals surface area contributed by atoms with Gasteiger partial charge in [0.25, 0.3) is 0 Å². The minimum Gasteiger partial charge on any atom is -0.456 e. The first kappa shape index (κ1) is 14.1. The molecule has 1 atom stereocenters. The number of carbonyl (C=O) groups excluding carboxylic acids is 1. The van der Waals surface area contributed by atoms with E-state index >= 15 is 0 Å². The van der Waals surface area contributed by atoms with Gasteiger partial charge >= 0.3 is 5.97 Å². The minimum absolute atomic E-state index is 0.0779. The van der Waals surface area contributed by atoms with Crippen LogP contribution >= 0.6 is 0 Å². The molecule has 0 amide bonds. The topological polar surface area (TPSA) is 59.3 Å². The van der Waals surface area contributed by atoms with Gasteiger partial charge in [-0.1, -0.05) is 19.1 Å². The minimum atomic E-state index is -0.641. The van der Waals surface area contributed by atoms with Crippen molar-refractivity contribution in [2.75, 3.05) is 0 Å². The number of carbonyl (C=O) groups is 1. The number of hydrogen-bond acceptors (Lipinski definition) is 4. The van der Waals surface area contributed by atoms with Gasteiger partial charge in [0.05, 0.1) is 6.42 Å². The van der Waals surface area contributed by atoms with Crippen LogP contribution in [0.2, 0.25) is 0 Å². The van der Waals surface area contributed by atoms with Gasteiger partial charge in [-0.2, -0.15) is 5.26 Å². The molecule has 0 fully saturated rings. The molecular weight excluding hydrogens is 285 g/mol. The molecular formula is C17H12FNO3. The highest BCUT2D eigenvalue weighted by atomic mass is 19.1. The lowest BCUT2D eigenvalue weighted by atomic mass is 9.95. The van der Waals surface area contributed by atoms with E-state index in [-0.39, 0.29) is 23.2 Å². The Morgan fingerprint density at radius 3 is 2.95 bits per heavy atom. The van der Waals surface area contributed by atoms with Crippen LogP contribution in [0.25, 0.3) is 0 Å². The first-order chi connectivity index (χ1) is 10.6. The zero-order chi connectivity index (χ0) is 15.7. The number of hydrogen-bond donors (Lipinski definition) is 0. The largest absolute Gasteiger partial charge is 0.456 e. The molecule has 0 saturated heterocycles. The van der Waals surface area contributed by atoms with Crippen molar-refractivity contribution in [3.05, 3.63) is 53.3 Å². The van der Waals surface area contributed by atoms with Gasteiger partial charge < -0.3 is 9.47 Å². The van der Waals surface area contributed by atoms with E-state index in [1.807, 2.05) is 13.0 Å². The number of ether oxygens (including phenoxy) is 2. The van der Waals surface area contributed by atoms with Crippen molar-refractivity contribution in [2.45, 2.75) is 19.3 Å². The molecule has 0 bridgehead atoms. The quantitative estimate of drug-likeness (QED) is 0.623. The predicted molar refractivity (Wildman–Crippen MR) is 76.3 cm³/mol. The average Bonchev–Trinajstić information content (AvgIpc) is 2.47. The van der Waals surface area contributed by atoms with Gasteiger partial charge in [-0.05, 0) is 29.7 Å². The zero-order valence-electron chi connectivity index (χ0n) is 11.8. The van der Waals surface area contributed by atoms with E-state index in [1.165, 1.54) is 18.2 Å². The highest BCUT2D eigenvalue weighted by Gasteiger charge is 2.24. The Bertz CT molecular complexity index is 795. The number of fused-ring (bicyclic) bond motifs is 1. The van der Waals surface area contributed by atoms with Crippen LogP contribution in [0.15, 0.2) is 36.4 Å². The number of esters is 1. The Hall–Kier alpha value is -2.87. The monoisotopic (exact) mass is 297 g/mol. The van der Waals surface area contributed by atoms with Crippen LogP contribution in [0.3, 0.4) is 0 Å². The van der Waals surface area contributed by atoms with Gasteiger partial charge in [-0.3, -0.25) is 4.79 Å². The summed E-state index contributed by atoms with van der Waals surface area (Å²) in [5.74, 6) is 0.0873. The van der Waals surface area contributed by atoms with Crippen LogP contribution in [0.1, 0.15) is 30.4 Å². The molecule has 1 aliphatic heterocycles. The predicted octanol–water partition coefficient (Wildman–Crippen LogP) is 3.90. The number of nitrogens with zero attached hydrogens (tertiary/aromatic N) is 1. The maximum atomic E-state index is 13.6. The zero-order valence-corrected chi connectivity index (χ0v) is 11.8. The normalized spacial score (nSPS) is 16.4. The Morgan fingerprint density at radius 2 is 2.18 bits per heavy atom. The van der Waals surface area contributed by atoms with Crippen LogP contribution in [0.5, 0.6) is 17.2 Å². The first-order valence-corrected chi connectivity index (χ1v) is 6.79. The molecule has 2 aromatic carbocycles. The lowest BCUT2D eigenvalue weighted by Gasteiger charge is -2.21. The van der Waals surface area contributed by atoms with Gasteiger partial charge in [-0.15, -0.1) is 0 Å². The van der Waals surface area contributed by atoms with Crippen LogP contribution < -0.4 is 9.47 Å². The van der Waals surface area contributed by atoms with Crippen LogP contribution in [-0.4, -0.2) is 5.97 Å². The van der Waals surface area contributed by atoms with E-state index < -0.39 is 5.82 Å². The van der Waals surface area contributed by atoms with Crippen molar-refractivity contribution in [2.24, 2.45) is 0 Å². The average molecular weight is 297 g/mol.